The van der Waals surface area contributed by atoms with Gasteiger partial charge >= 0.3 is 0 Å². The normalized spacial score (nSPS) is 12.9. The molecule has 1 aromatic heterocycles. The van der Waals surface area contributed by atoms with Gasteiger partial charge < -0.3 is 4.57 Å². The van der Waals surface area contributed by atoms with Gasteiger partial charge in [0.05, 0.1) is 16.3 Å². The number of hydrogen-bond donors (Lipinski definition) is 0. The molecule has 17 heavy (non-hydrogen) atoms. The van der Waals surface area contributed by atoms with Crippen molar-refractivity contribution in [3.8, 4) is 0 Å². The van der Waals surface area contributed by atoms with Gasteiger partial charge in [-0.15, -0.1) is 0 Å². The fourth-order valence-corrected chi connectivity index (χ4v) is 2.62. The molecule has 2 rings (SSSR count). The molecule has 1 unspecified atom stereocenters. The minimum atomic E-state index is -1.29. The molecule has 0 radical (unpaired) electrons. The minimum absolute atomic E-state index is 0.182. The Hall–Kier alpha value is -1.13. The van der Waals surface area contributed by atoms with E-state index >= 15 is 0 Å². The molecule has 5 heteroatoms. The molecule has 0 saturated carbocycles. The van der Waals surface area contributed by atoms with Crippen LogP contribution in [-0.4, -0.2) is 15.0 Å². The van der Waals surface area contributed by atoms with Crippen LogP contribution >= 0.6 is 11.6 Å². The van der Waals surface area contributed by atoms with Crippen molar-refractivity contribution in [1.29, 1.82) is 0 Å². The average Bonchev–Trinajstić information content (AvgIpc) is 2.25. The van der Waals surface area contributed by atoms with Gasteiger partial charge in [0, 0.05) is 29.9 Å². The van der Waals surface area contributed by atoms with Crippen LogP contribution in [0.1, 0.15) is 5.56 Å². The number of pyridine rings is 1. The molecule has 1 atom stereocenters. The molecule has 0 amide bonds. The maximum Gasteiger partial charge on any atom is 0.205 e. The van der Waals surface area contributed by atoms with Crippen molar-refractivity contribution in [2.75, 3.05) is 6.26 Å². The average molecular weight is 270 g/mol. The van der Waals surface area contributed by atoms with Gasteiger partial charge in [-0.3, -0.25) is 9.00 Å². The van der Waals surface area contributed by atoms with Gasteiger partial charge in [0.15, 0.2) is 0 Å². The minimum Gasteiger partial charge on any atom is -0.349 e. The number of rotatable bonds is 1. The van der Waals surface area contributed by atoms with Crippen LogP contribution in [0.3, 0.4) is 0 Å². The number of hydrogen-bond acceptors (Lipinski definition) is 2. The zero-order valence-electron chi connectivity index (χ0n) is 9.78. The lowest BCUT2D eigenvalue weighted by Crippen LogP contribution is -2.14. The summed E-state index contributed by atoms with van der Waals surface area (Å²) in [5.74, 6) is 0. The van der Waals surface area contributed by atoms with E-state index in [4.69, 9.17) is 11.6 Å². The van der Waals surface area contributed by atoms with Gasteiger partial charge in [0.25, 0.3) is 0 Å². The predicted molar refractivity (Wildman–Crippen MR) is 71.3 cm³/mol. The number of benzene rings is 1. The highest BCUT2D eigenvalue weighted by molar-refractivity contribution is 7.84. The Balaban J connectivity index is 2.99. The standard InChI is InChI=1S/C12H12ClNO2S/c1-7-4-8-10(5-9(7)13)14(2)6-11(12(8)15)17(3)16/h4-6H,1-3H3. The summed E-state index contributed by atoms with van der Waals surface area (Å²) in [6.07, 6.45) is 3.11. The second kappa shape index (κ2) is 4.27. The maximum atomic E-state index is 12.1. The Morgan fingerprint density at radius 1 is 1.35 bits per heavy atom. The first-order valence-corrected chi connectivity index (χ1v) is 6.98. The van der Waals surface area contributed by atoms with Crippen molar-refractivity contribution in [3.05, 3.63) is 39.1 Å². The Morgan fingerprint density at radius 2 is 2.00 bits per heavy atom. The molecule has 0 spiro atoms. The molecular formula is C12H12ClNO2S. The molecule has 0 N–H and O–H groups in total. The second-order valence-electron chi connectivity index (χ2n) is 4.01. The summed E-state index contributed by atoms with van der Waals surface area (Å²) in [6.45, 7) is 1.84. The van der Waals surface area contributed by atoms with E-state index in [2.05, 4.69) is 0 Å². The number of nitrogens with zero attached hydrogens (tertiary/aromatic N) is 1. The molecule has 2 aromatic rings. The molecule has 0 fully saturated rings. The monoisotopic (exact) mass is 269 g/mol. The molecule has 0 aliphatic heterocycles. The first-order chi connectivity index (χ1) is 7.91. The largest absolute Gasteiger partial charge is 0.349 e. The van der Waals surface area contributed by atoms with Crippen LogP contribution in [0.5, 0.6) is 0 Å². The molecule has 1 aromatic carbocycles. The summed E-state index contributed by atoms with van der Waals surface area (Å²) in [7, 11) is 0.524. The summed E-state index contributed by atoms with van der Waals surface area (Å²) in [5, 5.41) is 1.18. The summed E-state index contributed by atoms with van der Waals surface area (Å²) >= 11 is 6.04. The van der Waals surface area contributed by atoms with Gasteiger partial charge in [-0.2, -0.15) is 0 Å². The molecule has 3 nitrogen and oxygen atoms in total. The second-order valence-corrected chi connectivity index (χ2v) is 5.76. The van der Waals surface area contributed by atoms with Crippen LogP contribution in [-0.2, 0) is 17.8 Å². The Kier molecular flexibility index (Phi) is 3.10. The van der Waals surface area contributed by atoms with E-state index in [1.807, 2.05) is 14.0 Å². The van der Waals surface area contributed by atoms with Crippen LogP contribution in [0.4, 0.5) is 0 Å². The SMILES string of the molecule is Cc1cc2c(=O)c(S(C)=O)cn(C)c2cc1Cl. The van der Waals surface area contributed by atoms with E-state index in [1.165, 1.54) is 6.26 Å². The zero-order chi connectivity index (χ0) is 12.7. The number of aromatic nitrogens is 1. The highest BCUT2D eigenvalue weighted by Gasteiger charge is 2.11. The van der Waals surface area contributed by atoms with E-state index in [0.717, 1.165) is 11.1 Å². The lowest BCUT2D eigenvalue weighted by atomic mass is 10.1. The highest BCUT2D eigenvalue weighted by atomic mass is 35.5. The number of fused-ring (bicyclic) bond motifs is 1. The summed E-state index contributed by atoms with van der Waals surface area (Å²) < 4.78 is 13.3. The smallest absolute Gasteiger partial charge is 0.205 e. The summed E-state index contributed by atoms with van der Waals surface area (Å²) in [4.78, 5) is 12.5. The van der Waals surface area contributed by atoms with Crippen LogP contribution in [0, 0.1) is 6.92 Å². The molecule has 90 valence electrons. The Labute approximate surface area is 106 Å². The lowest BCUT2D eigenvalue weighted by molar-refractivity contribution is 0.685. The molecule has 1 heterocycles. The Morgan fingerprint density at radius 3 is 2.59 bits per heavy atom. The fourth-order valence-electron chi connectivity index (χ4n) is 1.79. The van der Waals surface area contributed by atoms with Crippen molar-refractivity contribution in [1.82, 2.24) is 4.57 Å². The van der Waals surface area contributed by atoms with Gasteiger partial charge in [-0.25, -0.2) is 0 Å². The van der Waals surface area contributed by atoms with Gasteiger partial charge in [0.1, 0.15) is 4.90 Å². The lowest BCUT2D eigenvalue weighted by Gasteiger charge is -2.09. The van der Waals surface area contributed by atoms with E-state index in [9.17, 15) is 9.00 Å². The predicted octanol–water partition coefficient (Wildman–Crippen LogP) is 2.24. The molecule has 0 saturated heterocycles. The highest BCUT2D eigenvalue weighted by Crippen LogP contribution is 2.21. The molecular weight excluding hydrogens is 258 g/mol. The van der Waals surface area contributed by atoms with E-state index < -0.39 is 10.8 Å². The molecule has 0 aliphatic rings. The quantitative estimate of drug-likeness (QED) is 0.796. The zero-order valence-corrected chi connectivity index (χ0v) is 11.4. The van der Waals surface area contributed by atoms with E-state index in [1.54, 1.807) is 22.9 Å². The Bertz CT molecular complexity index is 691. The van der Waals surface area contributed by atoms with Crippen molar-refractivity contribution < 1.29 is 4.21 Å². The van der Waals surface area contributed by atoms with Gasteiger partial charge in [-0.1, -0.05) is 11.6 Å². The molecule has 0 aliphatic carbocycles. The van der Waals surface area contributed by atoms with Crippen LogP contribution < -0.4 is 5.43 Å². The number of aryl methyl sites for hydroxylation is 2. The van der Waals surface area contributed by atoms with Crippen molar-refractivity contribution in [2.24, 2.45) is 7.05 Å². The number of halogens is 1. The van der Waals surface area contributed by atoms with Crippen molar-refractivity contribution in [2.45, 2.75) is 11.8 Å². The summed E-state index contributed by atoms with van der Waals surface area (Å²) in [6, 6.07) is 3.51. The first-order valence-electron chi connectivity index (χ1n) is 5.04. The third kappa shape index (κ3) is 2.03. The van der Waals surface area contributed by atoms with Crippen LogP contribution in [0.25, 0.3) is 10.9 Å². The van der Waals surface area contributed by atoms with Crippen molar-refractivity contribution in [3.63, 3.8) is 0 Å². The summed E-state index contributed by atoms with van der Waals surface area (Å²) in [5.41, 5.74) is 1.41. The fraction of sp³-hybridized carbons (Fsp3) is 0.250. The van der Waals surface area contributed by atoms with E-state index in [0.29, 0.717) is 15.3 Å². The van der Waals surface area contributed by atoms with Gasteiger partial charge in [-0.05, 0) is 24.6 Å². The topological polar surface area (TPSA) is 39.1 Å². The first kappa shape index (κ1) is 12.3. The van der Waals surface area contributed by atoms with Crippen molar-refractivity contribution >= 4 is 33.3 Å². The third-order valence-electron chi connectivity index (χ3n) is 2.75. The van der Waals surface area contributed by atoms with Gasteiger partial charge in [0.2, 0.25) is 5.43 Å². The van der Waals surface area contributed by atoms with Crippen LogP contribution in [0.2, 0.25) is 5.02 Å². The third-order valence-corrected chi connectivity index (χ3v) is 4.06. The van der Waals surface area contributed by atoms with E-state index in [-0.39, 0.29) is 5.43 Å². The maximum absolute atomic E-state index is 12.1. The molecule has 0 bridgehead atoms. The van der Waals surface area contributed by atoms with Crippen LogP contribution in [0.15, 0.2) is 28.0 Å².